The summed E-state index contributed by atoms with van der Waals surface area (Å²) in [5.74, 6) is 1.88. The molecule has 0 aliphatic heterocycles. The van der Waals surface area contributed by atoms with Crippen LogP contribution >= 0.6 is 22.6 Å². The summed E-state index contributed by atoms with van der Waals surface area (Å²) in [5, 5.41) is 13.1. The fourth-order valence-electron chi connectivity index (χ4n) is 2.06. The van der Waals surface area contributed by atoms with Gasteiger partial charge in [-0.1, -0.05) is 0 Å². The van der Waals surface area contributed by atoms with E-state index in [2.05, 4.69) is 37.9 Å². The van der Waals surface area contributed by atoms with Crippen molar-refractivity contribution in [2.24, 2.45) is 0 Å². The lowest BCUT2D eigenvalue weighted by atomic mass is 10.1. The third-order valence-corrected chi connectivity index (χ3v) is 4.40. The predicted molar refractivity (Wildman–Crippen MR) is 90.2 cm³/mol. The molecule has 1 heterocycles. The van der Waals surface area contributed by atoms with E-state index < -0.39 is 0 Å². The van der Waals surface area contributed by atoms with Gasteiger partial charge in [-0.3, -0.25) is 0 Å². The standard InChI is InChI=1S/C15H18IN3O/c1-5-17-15-12(16)10(4)18-14(19-15)11-6-8(2)13(20)9(3)7-11/h6-7,20H,5H2,1-4H3,(H,17,18,19). The quantitative estimate of drug-likeness (QED) is 0.792. The van der Waals surface area contributed by atoms with E-state index in [1.165, 1.54) is 0 Å². The first-order chi connectivity index (χ1) is 9.43. The van der Waals surface area contributed by atoms with Crippen LogP contribution in [0.25, 0.3) is 11.4 Å². The van der Waals surface area contributed by atoms with Crippen molar-refractivity contribution in [2.45, 2.75) is 27.7 Å². The minimum absolute atomic E-state index is 0.336. The molecule has 4 nitrogen and oxygen atoms in total. The van der Waals surface area contributed by atoms with Crippen molar-refractivity contribution in [3.63, 3.8) is 0 Å². The van der Waals surface area contributed by atoms with Crippen molar-refractivity contribution in [3.8, 4) is 17.1 Å². The van der Waals surface area contributed by atoms with Crippen molar-refractivity contribution in [3.05, 3.63) is 32.5 Å². The molecule has 1 aromatic heterocycles. The summed E-state index contributed by atoms with van der Waals surface area (Å²) >= 11 is 2.26. The zero-order valence-electron chi connectivity index (χ0n) is 12.1. The lowest BCUT2D eigenvalue weighted by Crippen LogP contribution is -2.06. The normalized spacial score (nSPS) is 10.7. The van der Waals surface area contributed by atoms with Crippen LogP contribution in [0.3, 0.4) is 0 Å². The van der Waals surface area contributed by atoms with E-state index in [9.17, 15) is 5.11 Å². The zero-order chi connectivity index (χ0) is 14.9. The molecular formula is C15H18IN3O. The number of hydrogen-bond acceptors (Lipinski definition) is 4. The van der Waals surface area contributed by atoms with Crippen molar-refractivity contribution < 1.29 is 5.11 Å². The van der Waals surface area contributed by atoms with E-state index in [1.807, 2.05) is 39.8 Å². The number of halogens is 1. The van der Waals surface area contributed by atoms with Crippen LogP contribution < -0.4 is 5.32 Å². The third kappa shape index (κ3) is 2.87. The minimum atomic E-state index is 0.336. The van der Waals surface area contributed by atoms with Crippen molar-refractivity contribution in [1.82, 2.24) is 9.97 Å². The molecule has 0 bridgehead atoms. The summed E-state index contributed by atoms with van der Waals surface area (Å²) in [6.45, 7) is 8.61. The number of phenolic OH excluding ortho intramolecular Hbond substituents is 1. The van der Waals surface area contributed by atoms with Crippen LogP contribution in [-0.4, -0.2) is 21.6 Å². The Balaban J connectivity index is 2.58. The number of aryl methyl sites for hydroxylation is 3. The van der Waals surface area contributed by atoms with Gasteiger partial charge in [-0.2, -0.15) is 0 Å². The number of nitrogens with zero attached hydrogens (tertiary/aromatic N) is 2. The summed E-state index contributed by atoms with van der Waals surface area (Å²) in [6, 6.07) is 3.83. The number of aromatic hydroxyl groups is 1. The Kier molecular flexibility index (Phi) is 4.47. The highest BCUT2D eigenvalue weighted by Gasteiger charge is 2.12. The summed E-state index contributed by atoms with van der Waals surface area (Å²) in [5.41, 5.74) is 3.56. The van der Waals surface area contributed by atoms with Gasteiger partial charge in [-0.25, -0.2) is 9.97 Å². The smallest absolute Gasteiger partial charge is 0.161 e. The van der Waals surface area contributed by atoms with Gasteiger partial charge in [0.05, 0.1) is 9.26 Å². The minimum Gasteiger partial charge on any atom is -0.507 e. The molecule has 0 atom stereocenters. The van der Waals surface area contributed by atoms with Crippen molar-refractivity contribution in [1.29, 1.82) is 0 Å². The molecule has 2 N–H and O–H groups in total. The Labute approximate surface area is 132 Å². The molecule has 0 amide bonds. The van der Waals surface area contributed by atoms with Gasteiger partial charge in [0.25, 0.3) is 0 Å². The molecule has 0 saturated carbocycles. The van der Waals surface area contributed by atoms with Gasteiger partial charge >= 0.3 is 0 Å². The Hall–Kier alpha value is -1.37. The van der Waals surface area contributed by atoms with E-state index in [-0.39, 0.29) is 0 Å². The maximum absolute atomic E-state index is 9.86. The predicted octanol–water partition coefficient (Wildman–Crippen LogP) is 3.81. The van der Waals surface area contributed by atoms with Crippen LogP contribution in [0.4, 0.5) is 5.82 Å². The van der Waals surface area contributed by atoms with Gasteiger partial charge < -0.3 is 10.4 Å². The molecule has 20 heavy (non-hydrogen) atoms. The molecule has 106 valence electrons. The summed E-state index contributed by atoms with van der Waals surface area (Å²) < 4.78 is 1.04. The largest absolute Gasteiger partial charge is 0.507 e. The molecule has 0 unspecified atom stereocenters. The first kappa shape index (κ1) is 15.0. The van der Waals surface area contributed by atoms with Gasteiger partial charge in [0, 0.05) is 12.1 Å². The Morgan fingerprint density at radius 1 is 1.15 bits per heavy atom. The van der Waals surface area contributed by atoms with E-state index in [4.69, 9.17) is 0 Å². The molecule has 0 saturated heterocycles. The molecule has 0 aliphatic rings. The molecule has 0 spiro atoms. The van der Waals surface area contributed by atoms with Gasteiger partial charge in [-0.15, -0.1) is 0 Å². The first-order valence-electron chi connectivity index (χ1n) is 6.52. The molecule has 1 aromatic carbocycles. The third-order valence-electron chi connectivity index (χ3n) is 3.11. The highest BCUT2D eigenvalue weighted by atomic mass is 127. The average Bonchev–Trinajstić information content (AvgIpc) is 2.40. The molecule has 2 rings (SSSR count). The Bertz CT molecular complexity index is 633. The summed E-state index contributed by atoms with van der Waals surface area (Å²) in [4.78, 5) is 9.15. The van der Waals surface area contributed by atoms with Crippen LogP contribution in [0.1, 0.15) is 23.7 Å². The monoisotopic (exact) mass is 383 g/mol. The van der Waals surface area contributed by atoms with Gasteiger partial charge in [0.2, 0.25) is 0 Å². The van der Waals surface area contributed by atoms with Crippen LogP contribution in [0, 0.1) is 24.3 Å². The molecule has 0 fully saturated rings. The fraction of sp³-hybridized carbons (Fsp3) is 0.333. The maximum atomic E-state index is 9.86. The SMILES string of the molecule is CCNc1nc(-c2cc(C)c(O)c(C)c2)nc(C)c1I. The Morgan fingerprint density at radius 3 is 2.30 bits per heavy atom. The van der Waals surface area contributed by atoms with Crippen molar-refractivity contribution in [2.75, 3.05) is 11.9 Å². The highest BCUT2D eigenvalue weighted by molar-refractivity contribution is 14.1. The number of hydrogen-bond donors (Lipinski definition) is 2. The number of aromatic nitrogens is 2. The number of phenols is 1. The molecule has 0 radical (unpaired) electrons. The summed E-state index contributed by atoms with van der Waals surface area (Å²) in [6.07, 6.45) is 0. The van der Waals surface area contributed by atoms with E-state index in [0.29, 0.717) is 11.6 Å². The van der Waals surface area contributed by atoms with Crippen LogP contribution in [-0.2, 0) is 0 Å². The average molecular weight is 383 g/mol. The second kappa shape index (κ2) is 5.95. The molecule has 0 aliphatic carbocycles. The molecular weight excluding hydrogens is 365 g/mol. The maximum Gasteiger partial charge on any atom is 0.161 e. The van der Waals surface area contributed by atoms with Crippen molar-refractivity contribution >= 4 is 28.4 Å². The second-order valence-electron chi connectivity index (χ2n) is 4.78. The topological polar surface area (TPSA) is 58.0 Å². The van der Waals surface area contributed by atoms with E-state index >= 15 is 0 Å². The summed E-state index contributed by atoms with van der Waals surface area (Å²) in [7, 11) is 0. The number of benzene rings is 1. The highest BCUT2D eigenvalue weighted by Crippen LogP contribution is 2.29. The number of nitrogens with one attached hydrogen (secondary N) is 1. The van der Waals surface area contributed by atoms with Crippen LogP contribution in [0.15, 0.2) is 12.1 Å². The lowest BCUT2D eigenvalue weighted by Gasteiger charge is -2.12. The first-order valence-corrected chi connectivity index (χ1v) is 7.60. The molecule has 2 aromatic rings. The van der Waals surface area contributed by atoms with Crippen LogP contribution in [0.2, 0.25) is 0 Å². The lowest BCUT2D eigenvalue weighted by molar-refractivity contribution is 0.467. The molecule has 5 heteroatoms. The van der Waals surface area contributed by atoms with E-state index in [0.717, 1.165) is 38.3 Å². The Morgan fingerprint density at radius 2 is 1.75 bits per heavy atom. The fourth-order valence-corrected chi connectivity index (χ4v) is 2.49. The van der Waals surface area contributed by atoms with Crippen LogP contribution in [0.5, 0.6) is 5.75 Å². The van der Waals surface area contributed by atoms with E-state index in [1.54, 1.807) is 0 Å². The number of anilines is 1. The number of rotatable bonds is 3. The zero-order valence-corrected chi connectivity index (χ0v) is 14.2. The van der Waals surface area contributed by atoms with Gasteiger partial charge in [-0.05, 0) is 73.5 Å². The van der Waals surface area contributed by atoms with Gasteiger partial charge in [0.1, 0.15) is 11.6 Å². The van der Waals surface area contributed by atoms with Gasteiger partial charge in [0.15, 0.2) is 5.82 Å². The second-order valence-corrected chi connectivity index (χ2v) is 5.86.